The minimum Gasteiger partial charge on any atom is -0.394 e. The van der Waals surface area contributed by atoms with Crippen molar-refractivity contribution in [3.8, 4) is 0 Å². The van der Waals surface area contributed by atoms with E-state index in [0.29, 0.717) is 12.0 Å². The molecule has 5 nitrogen and oxygen atoms in total. The van der Waals surface area contributed by atoms with Crippen molar-refractivity contribution >= 4 is 11.5 Å². The van der Waals surface area contributed by atoms with Gasteiger partial charge in [0.25, 0.3) is 0 Å². The van der Waals surface area contributed by atoms with Crippen LogP contribution < -0.4 is 11.1 Å². The summed E-state index contributed by atoms with van der Waals surface area (Å²) in [6, 6.07) is 0.602. The summed E-state index contributed by atoms with van der Waals surface area (Å²) < 4.78 is 1.87. The highest BCUT2D eigenvalue weighted by Gasteiger charge is 2.21. The van der Waals surface area contributed by atoms with Gasteiger partial charge in [0.1, 0.15) is 5.82 Å². The van der Waals surface area contributed by atoms with Gasteiger partial charge in [-0.3, -0.25) is 4.68 Å². The Morgan fingerprint density at radius 1 is 1.37 bits per heavy atom. The van der Waals surface area contributed by atoms with Gasteiger partial charge in [0.2, 0.25) is 0 Å². The number of nitrogen functional groups attached to an aromatic ring is 1. The summed E-state index contributed by atoms with van der Waals surface area (Å²) in [6.07, 6.45) is 3.91. The number of likely N-dealkylation sites (tertiary alicyclic amines) is 1. The fourth-order valence-electron chi connectivity index (χ4n) is 2.81. The lowest BCUT2D eigenvalue weighted by Crippen LogP contribution is -2.41. The topological polar surface area (TPSA) is 59.1 Å². The molecular formula is C14H27N5. The quantitative estimate of drug-likeness (QED) is 0.874. The third-order valence-corrected chi connectivity index (χ3v) is 4.09. The van der Waals surface area contributed by atoms with E-state index in [1.165, 1.54) is 25.8 Å². The largest absolute Gasteiger partial charge is 0.394 e. The van der Waals surface area contributed by atoms with E-state index in [9.17, 15) is 0 Å². The maximum atomic E-state index is 6.20. The van der Waals surface area contributed by atoms with Crippen molar-refractivity contribution in [2.45, 2.75) is 45.1 Å². The predicted molar refractivity (Wildman–Crippen MR) is 80.5 cm³/mol. The Morgan fingerprint density at radius 3 is 2.68 bits per heavy atom. The molecular weight excluding hydrogens is 238 g/mol. The first kappa shape index (κ1) is 14.2. The molecule has 2 heterocycles. The molecule has 1 aromatic rings. The summed E-state index contributed by atoms with van der Waals surface area (Å²) in [5, 5.41) is 8.00. The van der Waals surface area contributed by atoms with Crippen LogP contribution in [0.15, 0.2) is 0 Å². The number of hydrogen-bond donors (Lipinski definition) is 2. The molecule has 0 spiro atoms. The van der Waals surface area contributed by atoms with Crippen molar-refractivity contribution in [2.75, 3.05) is 31.2 Å². The predicted octanol–water partition coefficient (Wildman–Crippen LogP) is 2.02. The van der Waals surface area contributed by atoms with Crippen LogP contribution in [0.2, 0.25) is 0 Å². The monoisotopic (exact) mass is 265 g/mol. The van der Waals surface area contributed by atoms with Crippen LogP contribution in [-0.4, -0.2) is 40.9 Å². The Morgan fingerprint density at radius 2 is 2.11 bits per heavy atom. The van der Waals surface area contributed by atoms with E-state index < -0.39 is 0 Å². The van der Waals surface area contributed by atoms with Crippen LogP contribution in [-0.2, 0) is 7.05 Å². The molecule has 1 aromatic heterocycles. The van der Waals surface area contributed by atoms with E-state index >= 15 is 0 Å². The number of anilines is 2. The Hall–Kier alpha value is -1.23. The zero-order chi connectivity index (χ0) is 14.0. The molecule has 108 valence electrons. The highest BCUT2D eigenvalue weighted by atomic mass is 15.3. The van der Waals surface area contributed by atoms with Gasteiger partial charge < -0.3 is 16.0 Å². The summed E-state index contributed by atoms with van der Waals surface area (Å²) >= 11 is 0. The van der Waals surface area contributed by atoms with Gasteiger partial charge >= 0.3 is 0 Å². The number of nitrogens with two attached hydrogens (primary N) is 1. The van der Waals surface area contributed by atoms with Gasteiger partial charge in [-0.1, -0.05) is 20.3 Å². The Balaban J connectivity index is 2.03. The summed E-state index contributed by atoms with van der Waals surface area (Å²) in [6.45, 7) is 6.39. The van der Waals surface area contributed by atoms with Crippen molar-refractivity contribution < 1.29 is 0 Å². The normalized spacial score (nSPS) is 21.0. The van der Waals surface area contributed by atoms with Crippen LogP contribution in [0.25, 0.3) is 0 Å². The Bertz CT molecular complexity index is 424. The van der Waals surface area contributed by atoms with Crippen molar-refractivity contribution in [3.05, 3.63) is 5.69 Å². The van der Waals surface area contributed by atoms with E-state index in [1.54, 1.807) is 0 Å². The van der Waals surface area contributed by atoms with Crippen LogP contribution in [0.5, 0.6) is 0 Å². The fraction of sp³-hybridized carbons (Fsp3) is 0.786. The van der Waals surface area contributed by atoms with Crippen LogP contribution >= 0.6 is 0 Å². The molecule has 1 aliphatic rings. The fourth-order valence-corrected chi connectivity index (χ4v) is 2.81. The van der Waals surface area contributed by atoms with Crippen molar-refractivity contribution in [1.82, 2.24) is 14.7 Å². The van der Waals surface area contributed by atoms with Gasteiger partial charge in [-0.15, -0.1) is 0 Å². The molecule has 1 unspecified atom stereocenters. The molecule has 2 rings (SSSR count). The second kappa shape index (κ2) is 5.82. The first-order chi connectivity index (χ1) is 9.00. The maximum Gasteiger partial charge on any atom is 0.147 e. The van der Waals surface area contributed by atoms with E-state index in [1.807, 2.05) is 11.7 Å². The van der Waals surface area contributed by atoms with Crippen LogP contribution in [0.1, 0.15) is 44.7 Å². The standard InChI is InChI=1S/C14H27N5/c1-10(2)13-12(15)14(19(4)17-13)16-9-11-7-5-6-8-18(11)3/h10-11,16H,5-9,15H2,1-4H3. The summed E-state index contributed by atoms with van der Waals surface area (Å²) in [4.78, 5) is 2.44. The summed E-state index contributed by atoms with van der Waals surface area (Å²) in [5.74, 6) is 1.32. The zero-order valence-electron chi connectivity index (χ0n) is 12.6. The smallest absolute Gasteiger partial charge is 0.147 e. The molecule has 0 amide bonds. The van der Waals surface area contributed by atoms with Crippen molar-refractivity contribution in [2.24, 2.45) is 7.05 Å². The molecule has 0 bridgehead atoms. The third kappa shape index (κ3) is 3.03. The first-order valence-corrected chi connectivity index (χ1v) is 7.27. The molecule has 0 aliphatic carbocycles. The lowest BCUT2D eigenvalue weighted by atomic mass is 10.0. The van der Waals surface area contributed by atoms with Gasteiger partial charge in [-0.05, 0) is 32.4 Å². The molecule has 1 saturated heterocycles. The maximum absolute atomic E-state index is 6.20. The molecule has 19 heavy (non-hydrogen) atoms. The van der Waals surface area contributed by atoms with Gasteiger partial charge in [-0.25, -0.2) is 0 Å². The first-order valence-electron chi connectivity index (χ1n) is 7.27. The average Bonchev–Trinajstić information content (AvgIpc) is 2.65. The van der Waals surface area contributed by atoms with Gasteiger partial charge in [0.05, 0.1) is 11.4 Å². The number of aromatic nitrogens is 2. The molecule has 1 aliphatic heterocycles. The van der Waals surface area contributed by atoms with Gasteiger partial charge in [0, 0.05) is 19.6 Å². The molecule has 1 atom stereocenters. The third-order valence-electron chi connectivity index (χ3n) is 4.09. The van der Waals surface area contributed by atoms with Crippen molar-refractivity contribution in [1.29, 1.82) is 0 Å². The van der Waals surface area contributed by atoms with E-state index in [2.05, 4.69) is 36.2 Å². The average molecular weight is 265 g/mol. The van der Waals surface area contributed by atoms with Crippen LogP contribution in [0.3, 0.4) is 0 Å². The molecule has 0 aromatic carbocycles. The number of hydrogen-bond acceptors (Lipinski definition) is 4. The zero-order valence-corrected chi connectivity index (χ0v) is 12.6. The second-order valence-electron chi connectivity index (χ2n) is 5.94. The van der Waals surface area contributed by atoms with Gasteiger partial charge in [-0.2, -0.15) is 5.10 Å². The number of nitrogens with one attached hydrogen (secondary N) is 1. The SMILES string of the molecule is CC(C)c1nn(C)c(NCC2CCCCN2C)c1N. The van der Waals surface area contributed by atoms with Gasteiger partial charge in [0.15, 0.2) is 0 Å². The number of rotatable bonds is 4. The number of nitrogens with zero attached hydrogens (tertiary/aromatic N) is 3. The lowest BCUT2D eigenvalue weighted by Gasteiger charge is -2.32. The van der Waals surface area contributed by atoms with Crippen LogP contribution in [0.4, 0.5) is 11.5 Å². The lowest BCUT2D eigenvalue weighted by molar-refractivity contribution is 0.194. The number of likely N-dealkylation sites (N-methyl/N-ethyl adjacent to an activating group) is 1. The number of piperidine rings is 1. The molecule has 0 saturated carbocycles. The summed E-state index contributed by atoms with van der Waals surface area (Å²) in [5.41, 5.74) is 7.99. The highest BCUT2D eigenvalue weighted by Crippen LogP contribution is 2.28. The van der Waals surface area contributed by atoms with Crippen LogP contribution in [0, 0.1) is 0 Å². The second-order valence-corrected chi connectivity index (χ2v) is 5.94. The molecule has 3 N–H and O–H groups in total. The Kier molecular flexibility index (Phi) is 4.34. The number of aryl methyl sites for hydroxylation is 1. The van der Waals surface area contributed by atoms with E-state index in [0.717, 1.165) is 23.7 Å². The summed E-state index contributed by atoms with van der Waals surface area (Å²) in [7, 11) is 4.16. The van der Waals surface area contributed by atoms with Crippen molar-refractivity contribution in [3.63, 3.8) is 0 Å². The van der Waals surface area contributed by atoms with E-state index in [4.69, 9.17) is 5.73 Å². The molecule has 1 fully saturated rings. The minimum absolute atomic E-state index is 0.360. The minimum atomic E-state index is 0.360. The highest BCUT2D eigenvalue weighted by molar-refractivity contribution is 5.65. The molecule has 5 heteroatoms. The Labute approximate surface area is 116 Å². The molecule has 0 radical (unpaired) electrons. The van der Waals surface area contributed by atoms with E-state index in [-0.39, 0.29) is 0 Å².